The van der Waals surface area contributed by atoms with Gasteiger partial charge in [0.1, 0.15) is 10.7 Å². The van der Waals surface area contributed by atoms with E-state index < -0.39 is 0 Å². The molecule has 0 amide bonds. The molecule has 3 heteroatoms. The Kier molecular flexibility index (Phi) is 3.69. The molecule has 0 aliphatic heterocycles. The van der Waals surface area contributed by atoms with E-state index in [4.69, 9.17) is 0 Å². The first-order valence-electron chi connectivity index (χ1n) is 5.69. The summed E-state index contributed by atoms with van der Waals surface area (Å²) in [6, 6.07) is 8.42. The fourth-order valence-electron chi connectivity index (χ4n) is 1.73. The van der Waals surface area contributed by atoms with Crippen LogP contribution in [-0.2, 0) is 6.42 Å². The molecule has 0 atom stereocenters. The lowest BCUT2D eigenvalue weighted by Crippen LogP contribution is -1.93. The largest absolute Gasteiger partial charge is 0.296 e. The van der Waals surface area contributed by atoms with Crippen LogP contribution in [0.25, 0.3) is 10.6 Å². The maximum atomic E-state index is 10.6. The first kappa shape index (κ1) is 12.0. The summed E-state index contributed by atoms with van der Waals surface area (Å²) in [4.78, 5) is 14.8. The molecule has 0 saturated carbocycles. The lowest BCUT2D eigenvalue weighted by Gasteiger charge is -2.05. The molecule has 1 aromatic carbocycles. The first-order valence-corrected chi connectivity index (χ1v) is 6.57. The van der Waals surface area contributed by atoms with Gasteiger partial charge in [0.05, 0.1) is 0 Å². The van der Waals surface area contributed by atoms with Gasteiger partial charge >= 0.3 is 0 Å². The summed E-state index contributed by atoms with van der Waals surface area (Å²) in [6.07, 6.45) is 1.88. The van der Waals surface area contributed by atoms with Crippen LogP contribution >= 0.6 is 11.3 Å². The number of aldehydes is 1. The zero-order valence-corrected chi connectivity index (χ0v) is 10.8. The van der Waals surface area contributed by atoms with E-state index >= 15 is 0 Å². The topological polar surface area (TPSA) is 30.0 Å². The SMILES string of the molecule is CC(C)Cc1ccc(-c2nc(C=O)cs2)cc1. The highest BCUT2D eigenvalue weighted by atomic mass is 32.1. The fraction of sp³-hybridized carbons (Fsp3) is 0.286. The average molecular weight is 245 g/mol. The number of hydrogen-bond acceptors (Lipinski definition) is 3. The van der Waals surface area contributed by atoms with Gasteiger partial charge in [-0.25, -0.2) is 4.98 Å². The van der Waals surface area contributed by atoms with Gasteiger partial charge in [-0.1, -0.05) is 38.1 Å². The van der Waals surface area contributed by atoms with Crippen LogP contribution in [0.2, 0.25) is 0 Å². The van der Waals surface area contributed by atoms with Gasteiger partial charge < -0.3 is 0 Å². The fourth-order valence-corrected chi connectivity index (χ4v) is 2.50. The minimum absolute atomic E-state index is 0.510. The third-order valence-electron chi connectivity index (χ3n) is 2.49. The molecule has 2 rings (SSSR count). The smallest absolute Gasteiger partial charge is 0.169 e. The van der Waals surface area contributed by atoms with Gasteiger partial charge in [0, 0.05) is 10.9 Å². The molecule has 0 radical (unpaired) electrons. The predicted octanol–water partition coefficient (Wildman–Crippen LogP) is 3.82. The third-order valence-corrected chi connectivity index (χ3v) is 3.40. The highest BCUT2D eigenvalue weighted by molar-refractivity contribution is 7.13. The van der Waals surface area contributed by atoms with Gasteiger partial charge in [-0.2, -0.15) is 0 Å². The monoisotopic (exact) mass is 245 g/mol. The van der Waals surface area contributed by atoms with E-state index in [1.54, 1.807) is 5.38 Å². The van der Waals surface area contributed by atoms with E-state index in [1.807, 2.05) is 0 Å². The van der Waals surface area contributed by atoms with E-state index in [-0.39, 0.29) is 0 Å². The van der Waals surface area contributed by atoms with Gasteiger partial charge in [-0.05, 0) is 17.9 Å². The molecule has 1 heterocycles. The Hall–Kier alpha value is -1.48. The number of benzene rings is 1. The standard InChI is InChI=1S/C14H15NOS/c1-10(2)7-11-3-5-12(6-4-11)14-15-13(8-16)9-17-14/h3-6,8-10H,7H2,1-2H3. The van der Waals surface area contributed by atoms with Crippen LogP contribution in [0.4, 0.5) is 0 Å². The zero-order chi connectivity index (χ0) is 12.3. The van der Waals surface area contributed by atoms with Crippen molar-refractivity contribution in [3.8, 4) is 10.6 Å². The van der Waals surface area contributed by atoms with Crippen molar-refractivity contribution in [2.75, 3.05) is 0 Å². The van der Waals surface area contributed by atoms with Crippen molar-refractivity contribution < 1.29 is 4.79 Å². The second-order valence-electron chi connectivity index (χ2n) is 4.49. The van der Waals surface area contributed by atoms with Crippen molar-refractivity contribution in [1.29, 1.82) is 0 Å². The molecule has 0 aliphatic rings. The van der Waals surface area contributed by atoms with Crippen LogP contribution in [0, 0.1) is 5.92 Å². The second-order valence-corrected chi connectivity index (χ2v) is 5.35. The molecular weight excluding hydrogens is 230 g/mol. The van der Waals surface area contributed by atoms with E-state index in [0.717, 1.165) is 23.3 Å². The number of carbonyl (C=O) groups excluding carboxylic acids is 1. The lowest BCUT2D eigenvalue weighted by molar-refractivity contribution is 0.111. The highest BCUT2D eigenvalue weighted by Gasteiger charge is 2.04. The van der Waals surface area contributed by atoms with Crippen molar-refractivity contribution in [3.05, 3.63) is 40.9 Å². The Bertz CT molecular complexity index is 499. The van der Waals surface area contributed by atoms with Crippen LogP contribution in [0.1, 0.15) is 29.9 Å². The van der Waals surface area contributed by atoms with Crippen LogP contribution < -0.4 is 0 Å². The molecule has 1 aromatic heterocycles. The Morgan fingerprint density at radius 2 is 2.00 bits per heavy atom. The van der Waals surface area contributed by atoms with Crippen molar-refractivity contribution >= 4 is 17.6 Å². The van der Waals surface area contributed by atoms with Crippen molar-refractivity contribution in [1.82, 2.24) is 4.98 Å². The Morgan fingerprint density at radius 1 is 1.29 bits per heavy atom. The zero-order valence-electron chi connectivity index (χ0n) is 10.0. The summed E-state index contributed by atoms with van der Waals surface area (Å²) in [7, 11) is 0. The third kappa shape index (κ3) is 3.01. The van der Waals surface area contributed by atoms with Gasteiger partial charge in [-0.15, -0.1) is 11.3 Å². The second kappa shape index (κ2) is 5.23. The number of thiazole rings is 1. The molecule has 0 spiro atoms. The predicted molar refractivity (Wildman–Crippen MR) is 71.5 cm³/mol. The van der Waals surface area contributed by atoms with Crippen molar-refractivity contribution in [3.63, 3.8) is 0 Å². The Labute approximate surface area is 105 Å². The summed E-state index contributed by atoms with van der Waals surface area (Å²) < 4.78 is 0. The van der Waals surface area contributed by atoms with Crippen LogP contribution in [0.5, 0.6) is 0 Å². The van der Waals surface area contributed by atoms with E-state index in [2.05, 4.69) is 43.1 Å². The van der Waals surface area contributed by atoms with Gasteiger partial charge in [-0.3, -0.25) is 4.79 Å². The Balaban J connectivity index is 2.19. The Morgan fingerprint density at radius 3 is 2.53 bits per heavy atom. The summed E-state index contributed by atoms with van der Waals surface area (Å²) in [5.41, 5.74) is 2.93. The molecule has 0 saturated heterocycles. The van der Waals surface area contributed by atoms with E-state index in [1.165, 1.54) is 16.9 Å². The first-order chi connectivity index (χ1) is 8.19. The maximum absolute atomic E-state index is 10.6. The molecule has 17 heavy (non-hydrogen) atoms. The summed E-state index contributed by atoms with van der Waals surface area (Å²) in [5.74, 6) is 0.669. The molecular formula is C14H15NOS. The van der Waals surface area contributed by atoms with Crippen molar-refractivity contribution in [2.45, 2.75) is 20.3 Å². The summed E-state index contributed by atoms with van der Waals surface area (Å²) in [5, 5.41) is 2.69. The molecule has 0 unspecified atom stereocenters. The number of hydrogen-bond donors (Lipinski definition) is 0. The molecule has 0 N–H and O–H groups in total. The summed E-state index contributed by atoms with van der Waals surface area (Å²) >= 11 is 1.50. The number of aromatic nitrogens is 1. The normalized spacial score (nSPS) is 10.8. The van der Waals surface area contributed by atoms with Gasteiger partial charge in [0.15, 0.2) is 6.29 Å². The van der Waals surface area contributed by atoms with Gasteiger partial charge in [0.25, 0.3) is 0 Å². The van der Waals surface area contributed by atoms with E-state index in [0.29, 0.717) is 11.6 Å². The molecule has 0 fully saturated rings. The van der Waals surface area contributed by atoms with Crippen molar-refractivity contribution in [2.24, 2.45) is 5.92 Å². The molecule has 0 bridgehead atoms. The molecule has 88 valence electrons. The van der Waals surface area contributed by atoms with Gasteiger partial charge in [0.2, 0.25) is 0 Å². The number of carbonyl (C=O) groups is 1. The highest BCUT2D eigenvalue weighted by Crippen LogP contribution is 2.24. The molecule has 2 nitrogen and oxygen atoms in total. The van der Waals surface area contributed by atoms with Crippen LogP contribution in [0.15, 0.2) is 29.6 Å². The van der Waals surface area contributed by atoms with Crippen LogP contribution in [0.3, 0.4) is 0 Å². The number of rotatable bonds is 4. The summed E-state index contributed by atoms with van der Waals surface area (Å²) in [6.45, 7) is 4.43. The number of nitrogens with zero attached hydrogens (tertiary/aromatic N) is 1. The maximum Gasteiger partial charge on any atom is 0.169 e. The lowest BCUT2D eigenvalue weighted by atomic mass is 10.0. The van der Waals surface area contributed by atoms with E-state index in [9.17, 15) is 4.79 Å². The molecule has 2 aromatic rings. The quantitative estimate of drug-likeness (QED) is 0.766. The minimum atomic E-state index is 0.510. The minimum Gasteiger partial charge on any atom is -0.296 e. The molecule has 0 aliphatic carbocycles. The average Bonchev–Trinajstić information content (AvgIpc) is 2.78. The van der Waals surface area contributed by atoms with Crippen LogP contribution in [-0.4, -0.2) is 11.3 Å².